The Morgan fingerprint density at radius 3 is 2.94 bits per heavy atom. The Labute approximate surface area is 102 Å². The molecule has 0 radical (unpaired) electrons. The first-order valence-electron chi connectivity index (χ1n) is 6.01. The highest BCUT2D eigenvalue weighted by Gasteiger charge is 2.33. The van der Waals surface area contributed by atoms with E-state index in [4.69, 9.17) is 4.74 Å². The van der Waals surface area contributed by atoms with E-state index in [9.17, 15) is 13.5 Å². The van der Waals surface area contributed by atoms with E-state index in [1.165, 1.54) is 0 Å². The van der Waals surface area contributed by atoms with Gasteiger partial charge in [0.25, 0.3) is 0 Å². The predicted octanol–water partition coefficient (Wildman–Crippen LogP) is -1.19. The third kappa shape index (κ3) is 3.89. The minimum absolute atomic E-state index is 0.00346. The van der Waals surface area contributed by atoms with Crippen LogP contribution in [0.4, 0.5) is 0 Å². The van der Waals surface area contributed by atoms with Gasteiger partial charge >= 0.3 is 0 Å². The Balaban J connectivity index is 1.80. The maximum atomic E-state index is 11.8. The Kier molecular flexibility index (Phi) is 4.04. The summed E-state index contributed by atoms with van der Waals surface area (Å²) in [6.45, 7) is 1.89. The van der Waals surface area contributed by atoms with E-state index in [1.807, 2.05) is 0 Å². The van der Waals surface area contributed by atoms with Gasteiger partial charge in [-0.3, -0.25) is 0 Å². The van der Waals surface area contributed by atoms with Crippen molar-refractivity contribution in [1.29, 1.82) is 0 Å². The van der Waals surface area contributed by atoms with Crippen molar-refractivity contribution in [3.63, 3.8) is 0 Å². The third-order valence-corrected chi connectivity index (χ3v) is 4.67. The molecule has 2 atom stereocenters. The lowest BCUT2D eigenvalue weighted by Crippen LogP contribution is -2.45. The smallest absolute Gasteiger partial charge is 0.214 e. The van der Waals surface area contributed by atoms with E-state index in [0.717, 1.165) is 19.4 Å². The van der Waals surface area contributed by atoms with Gasteiger partial charge in [-0.1, -0.05) is 0 Å². The van der Waals surface area contributed by atoms with Crippen LogP contribution in [-0.2, 0) is 14.8 Å². The van der Waals surface area contributed by atoms with Crippen molar-refractivity contribution in [2.24, 2.45) is 0 Å². The number of rotatable bonds is 5. The highest BCUT2D eigenvalue weighted by Crippen LogP contribution is 2.15. The summed E-state index contributed by atoms with van der Waals surface area (Å²) in [6.07, 6.45) is 2.11. The van der Waals surface area contributed by atoms with Crippen LogP contribution in [0.15, 0.2) is 0 Å². The van der Waals surface area contributed by atoms with E-state index < -0.39 is 15.6 Å². The molecule has 0 aromatic heterocycles. The van der Waals surface area contributed by atoms with Crippen LogP contribution in [-0.4, -0.2) is 57.2 Å². The Bertz CT molecular complexity index is 345. The maximum absolute atomic E-state index is 11.8. The van der Waals surface area contributed by atoms with E-state index in [2.05, 4.69) is 10.0 Å². The molecular formula is C10H20N2O4S. The molecule has 0 amide bonds. The summed E-state index contributed by atoms with van der Waals surface area (Å²) in [4.78, 5) is 0. The molecule has 17 heavy (non-hydrogen) atoms. The monoisotopic (exact) mass is 264 g/mol. The largest absolute Gasteiger partial charge is 0.387 e. The van der Waals surface area contributed by atoms with Gasteiger partial charge in [0.15, 0.2) is 0 Å². The second-order valence-corrected chi connectivity index (χ2v) is 6.74. The Morgan fingerprint density at radius 2 is 2.35 bits per heavy atom. The summed E-state index contributed by atoms with van der Waals surface area (Å²) >= 11 is 0. The van der Waals surface area contributed by atoms with Crippen LogP contribution in [0.25, 0.3) is 0 Å². The molecule has 0 aromatic carbocycles. The second kappa shape index (κ2) is 5.19. The van der Waals surface area contributed by atoms with Crippen molar-refractivity contribution in [3.8, 4) is 0 Å². The van der Waals surface area contributed by atoms with Gasteiger partial charge in [0.2, 0.25) is 10.0 Å². The summed E-state index contributed by atoms with van der Waals surface area (Å²) in [6, 6.07) is 0. The molecular weight excluding hydrogens is 244 g/mol. The first kappa shape index (κ1) is 13.2. The first-order valence-corrected chi connectivity index (χ1v) is 7.66. The summed E-state index contributed by atoms with van der Waals surface area (Å²) in [5, 5.41) is 13.0. The van der Waals surface area contributed by atoms with E-state index in [-0.39, 0.29) is 18.4 Å². The van der Waals surface area contributed by atoms with Crippen LogP contribution in [0.5, 0.6) is 0 Å². The van der Waals surface area contributed by atoms with Gasteiger partial charge in [0.1, 0.15) is 0 Å². The zero-order valence-corrected chi connectivity index (χ0v) is 10.6. The fourth-order valence-corrected chi connectivity index (χ4v) is 3.56. The summed E-state index contributed by atoms with van der Waals surface area (Å²) < 4.78 is 31.3. The van der Waals surface area contributed by atoms with Crippen molar-refractivity contribution in [3.05, 3.63) is 0 Å². The number of ether oxygens (including phenoxy) is 1. The van der Waals surface area contributed by atoms with Gasteiger partial charge < -0.3 is 15.2 Å². The van der Waals surface area contributed by atoms with Crippen LogP contribution in [0.2, 0.25) is 0 Å². The summed E-state index contributed by atoms with van der Waals surface area (Å²) in [7, 11) is -3.35. The SMILES string of the molecule is O=S(=O)(CC1CCCO1)NCC1(O)CCNC1. The topological polar surface area (TPSA) is 87.7 Å². The molecule has 7 heteroatoms. The maximum Gasteiger partial charge on any atom is 0.214 e. The van der Waals surface area contributed by atoms with Gasteiger partial charge in [0, 0.05) is 19.7 Å². The molecule has 0 spiro atoms. The minimum atomic E-state index is -3.35. The fraction of sp³-hybridized carbons (Fsp3) is 1.00. The predicted molar refractivity (Wildman–Crippen MR) is 63.2 cm³/mol. The zero-order valence-electron chi connectivity index (χ0n) is 9.81. The second-order valence-electron chi connectivity index (χ2n) is 4.89. The Hall–Kier alpha value is -0.210. The molecule has 0 saturated carbocycles. The summed E-state index contributed by atoms with van der Waals surface area (Å²) in [5.41, 5.74) is -0.941. The first-order chi connectivity index (χ1) is 7.99. The van der Waals surface area contributed by atoms with E-state index in [1.54, 1.807) is 0 Å². The number of hydrogen-bond donors (Lipinski definition) is 3. The molecule has 2 aliphatic rings. The van der Waals surface area contributed by atoms with Gasteiger partial charge in [-0.05, 0) is 25.8 Å². The molecule has 2 heterocycles. The van der Waals surface area contributed by atoms with Crippen LogP contribution in [0, 0.1) is 0 Å². The van der Waals surface area contributed by atoms with Gasteiger partial charge in [0.05, 0.1) is 17.5 Å². The number of sulfonamides is 1. The third-order valence-electron chi connectivity index (χ3n) is 3.27. The quantitative estimate of drug-likeness (QED) is 0.581. The van der Waals surface area contributed by atoms with Gasteiger partial charge in [-0.15, -0.1) is 0 Å². The standard InChI is InChI=1S/C10H20N2O4S/c13-10(3-4-11-7-10)8-12-17(14,15)6-9-2-1-5-16-9/h9,11-13H,1-8H2. The average Bonchev–Trinajstić information content (AvgIpc) is 2.88. The van der Waals surface area contributed by atoms with Gasteiger partial charge in [-0.2, -0.15) is 0 Å². The number of aliphatic hydroxyl groups is 1. The lowest BCUT2D eigenvalue weighted by Gasteiger charge is -2.22. The molecule has 0 aromatic rings. The van der Waals surface area contributed by atoms with Crippen molar-refractivity contribution < 1.29 is 18.3 Å². The van der Waals surface area contributed by atoms with Crippen molar-refractivity contribution >= 4 is 10.0 Å². The lowest BCUT2D eigenvalue weighted by molar-refractivity contribution is 0.0665. The minimum Gasteiger partial charge on any atom is -0.387 e. The van der Waals surface area contributed by atoms with Crippen LogP contribution in [0.3, 0.4) is 0 Å². The number of hydrogen-bond acceptors (Lipinski definition) is 5. The molecule has 6 nitrogen and oxygen atoms in total. The molecule has 3 N–H and O–H groups in total. The van der Waals surface area contributed by atoms with Gasteiger partial charge in [-0.25, -0.2) is 13.1 Å². The highest BCUT2D eigenvalue weighted by molar-refractivity contribution is 7.89. The van der Waals surface area contributed by atoms with Crippen LogP contribution in [0.1, 0.15) is 19.3 Å². The summed E-state index contributed by atoms with van der Waals surface area (Å²) in [5.74, 6) is -0.00346. The normalized spacial score (nSPS) is 34.3. The molecule has 100 valence electrons. The van der Waals surface area contributed by atoms with Crippen molar-refractivity contribution in [1.82, 2.24) is 10.0 Å². The van der Waals surface area contributed by atoms with Crippen molar-refractivity contribution in [2.45, 2.75) is 31.0 Å². The van der Waals surface area contributed by atoms with Crippen LogP contribution >= 0.6 is 0 Å². The molecule has 0 aliphatic carbocycles. The average molecular weight is 264 g/mol. The Morgan fingerprint density at radius 1 is 1.53 bits per heavy atom. The lowest BCUT2D eigenvalue weighted by atomic mass is 10.1. The molecule has 2 unspecified atom stereocenters. The van der Waals surface area contributed by atoms with E-state index >= 15 is 0 Å². The molecule has 2 rings (SSSR count). The molecule has 2 saturated heterocycles. The fourth-order valence-electron chi connectivity index (χ4n) is 2.21. The van der Waals surface area contributed by atoms with E-state index in [0.29, 0.717) is 19.6 Å². The molecule has 2 aliphatic heterocycles. The zero-order chi connectivity index (χ0) is 12.4. The van der Waals surface area contributed by atoms with Crippen molar-refractivity contribution in [2.75, 3.05) is 32.0 Å². The van der Waals surface area contributed by atoms with Crippen LogP contribution < -0.4 is 10.0 Å². The molecule has 0 bridgehead atoms. The highest BCUT2D eigenvalue weighted by atomic mass is 32.2. The number of β-amino-alcohol motifs (C(OH)–C–C–N with tert-alkyl or cyclic N) is 1. The molecule has 2 fully saturated rings. The number of nitrogens with one attached hydrogen (secondary N) is 2.